The number of anilines is 1. The van der Waals surface area contributed by atoms with Gasteiger partial charge in [-0.25, -0.2) is 0 Å². The summed E-state index contributed by atoms with van der Waals surface area (Å²) >= 11 is 7.53. The molecule has 18 heavy (non-hydrogen) atoms. The highest BCUT2D eigenvalue weighted by Crippen LogP contribution is 2.25. The third-order valence-corrected chi connectivity index (χ3v) is 5.64. The molecule has 0 saturated heterocycles. The molecule has 0 radical (unpaired) electrons. The second kappa shape index (κ2) is 5.87. The summed E-state index contributed by atoms with van der Waals surface area (Å²) in [6, 6.07) is 9.22. The van der Waals surface area contributed by atoms with Gasteiger partial charge in [0, 0.05) is 20.5 Å². The molecule has 2 nitrogen and oxygen atoms in total. The van der Waals surface area contributed by atoms with Gasteiger partial charge in [-0.05, 0) is 36.8 Å². The minimum absolute atomic E-state index is 0.494. The highest BCUT2D eigenvalue weighted by molar-refractivity contribution is 7.84. The summed E-state index contributed by atoms with van der Waals surface area (Å²) in [5, 5.41) is 0.567. The number of nitrogens with two attached hydrogens (primary N) is 1. The van der Waals surface area contributed by atoms with E-state index in [1.807, 2.05) is 6.07 Å². The number of hydrogen-bond acceptors (Lipinski definition) is 3. The second-order valence-electron chi connectivity index (χ2n) is 3.89. The van der Waals surface area contributed by atoms with E-state index in [9.17, 15) is 4.21 Å². The molecule has 0 aliphatic rings. The first-order chi connectivity index (χ1) is 8.60. The van der Waals surface area contributed by atoms with Gasteiger partial charge in [0.1, 0.15) is 0 Å². The molecule has 0 aliphatic carbocycles. The molecule has 2 N–H and O–H groups in total. The van der Waals surface area contributed by atoms with Crippen LogP contribution in [-0.2, 0) is 23.0 Å². The van der Waals surface area contributed by atoms with Crippen molar-refractivity contribution in [1.29, 1.82) is 0 Å². The van der Waals surface area contributed by atoms with E-state index in [0.717, 1.165) is 11.3 Å². The maximum Gasteiger partial charge on any atom is 0.0627 e. The minimum atomic E-state index is -1.12. The molecule has 0 spiro atoms. The molecule has 0 saturated carbocycles. The van der Waals surface area contributed by atoms with Crippen LogP contribution in [0.3, 0.4) is 0 Å². The van der Waals surface area contributed by atoms with Crippen molar-refractivity contribution in [2.75, 3.05) is 5.73 Å². The molecule has 1 heterocycles. The van der Waals surface area contributed by atoms with E-state index in [-0.39, 0.29) is 0 Å². The average Bonchev–Trinajstić information content (AvgIpc) is 2.76. The number of thiophene rings is 1. The number of benzene rings is 1. The molecule has 0 amide bonds. The van der Waals surface area contributed by atoms with Gasteiger partial charge in [-0.15, -0.1) is 11.3 Å². The van der Waals surface area contributed by atoms with Gasteiger partial charge in [0.2, 0.25) is 0 Å². The lowest BCUT2D eigenvalue weighted by Gasteiger charge is -2.05. The van der Waals surface area contributed by atoms with Crippen LogP contribution in [0.5, 0.6) is 0 Å². The van der Waals surface area contributed by atoms with Gasteiger partial charge in [-0.3, -0.25) is 4.21 Å². The lowest BCUT2D eigenvalue weighted by Crippen LogP contribution is -1.99. The maximum absolute atomic E-state index is 12.2. The molecule has 2 aromatic rings. The molecule has 1 aromatic carbocycles. The fourth-order valence-electron chi connectivity index (χ4n) is 1.62. The van der Waals surface area contributed by atoms with Crippen molar-refractivity contribution in [2.45, 2.75) is 24.0 Å². The Morgan fingerprint density at radius 1 is 1.28 bits per heavy atom. The SMILES string of the molecule is CCc1ccc(CS(=O)c2ccc(Cl)cc2N)s1. The van der Waals surface area contributed by atoms with Crippen LogP contribution in [0.15, 0.2) is 35.2 Å². The number of rotatable bonds is 4. The lowest BCUT2D eigenvalue weighted by molar-refractivity contribution is 0.683. The normalized spacial score (nSPS) is 12.6. The highest BCUT2D eigenvalue weighted by atomic mass is 35.5. The molecule has 0 aliphatic heterocycles. The van der Waals surface area contributed by atoms with E-state index in [1.165, 1.54) is 4.88 Å². The molecule has 96 valence electrons. The van der Waals surface area contributed by atoms with Crippen LogP contribution in [-0.4, -0.2) is 4.21 Å². The Hall–Kier alpha value is -0.840. The quantitative estimate of drug-likeness (QED) is 0.871. The van der Waals surface area contributed by atoms with E-state index >= 15 is 0 Å². The van der Waals surface area contributed by atoms with Crippen molar-refractivity contribution >= 4 is 39.4 Å². The molecule has 1 unspecified atom stereocenters. The molecular weight excluding hydrogens is 286 g/mol. The number of halogens is 1. The fourth-order valence-corrected chi connectivity index (χ4v) is 4.17. The summed E-state index contributed by atoms with van der Waals surface area (Å²) < 4.78 is 12.2. The summed E-state index contributed by atoms with van der Waals surface area (Å²) in [6.45, 7) is 2.11. The van der Waals surface area contributed by atoms with Gasteiger partial charge in [0.05, 0.1) is 21.4 Å². The van der Waals surface area contributed by atoms with E-state index in [2.05, 4.69) is 13.0 Å². The van der Waals surface area contributed by atoms with E-state index in [4.69, 9.17) is 17.3 Å². The van der Waals surface area contributed by atoms with Crippen molar-refractivity contribution in [1.82, 2.24) is 0 Å². The summed E-state index contributed by atoms with van der Waals surface area (Å²) in [6.07, 6.45) is 1.01. The smallest absolute Gasteiger partial charge is 0.0627 e. The first-order valence-corrected chi connectivity index (χ1v) is 8.12. The predicted octanol–water partition coefficient (Wildman–Crippen LogP) is 3.85. The van der Waals surface area contributed by atoms with Crippen LogP contribution in [0.2, 0.25) is 5.02 Å². The summed E-state index contributed by atoms with van der Waals surface area (Å²) in [5.74, 6) is 0.510. The van der Waals surface area contributed by atoms with Crippen molar-refractivity contribution in [3.63, 3.8) is 0 Å². The third kappa shape index (κ3) is 3.13. The van der Waals surface area contributed by atoms with Crippen molar-refractivity contribution in [3.8, 4) is 0 Å². The highest BCUT2D eigenvalue weighted by Gasteiger charge is 2.10. The van der Waals surface area contributed by atoms with Crippen LogP contribution in [0, 0.1) is 0 Å². The molecule has 0 fully saturated rings. The molecule has 5 heteroatoms. The Labute approximate surface area is 118 Å². The number of nitrogen functional groups attached to an aromatic ring is 1. The first-order valence-electron chi connectivity index (χ1n) is 5.61. The van der Waals surface area contributed by atoms with Crippen molar-refractivity contribution in [3.05, 3.63) is 45.1 Å². The van der Waals surface area contributed by atoms with Crippen LogP contribution < -0.4 is 5.73 Å². The van der Waals surface area contributed by atoms with Gasteiger partial charge in [-0.1, -0.05) is 18.5 Å². The van der Waals surface area contributed by atoms with Crippen LogP contribution in [0.4, 0.5) is 5.69 Å². The Morgan fingerprint density at radius 3 is 2.61 bits per heavy atom. The Kier molecular flexibility index (Phi) is 4.43. The lowest BCUT2D eigenvalue weighted by atomic mass is 10.3. The van der Waals surface area contributed by atoms with Crippen molar-refractivity contribution in [2.24, 2.45) is 0 Å². The van der Waals surface area contributed by atoms with Gasteiger partial charge in [0.25, 0.3) is 0 Å². The molecule has 2 rings (SSSR count). The number of hydrogen-bond donors (Lipinski definition) is 1. The van der Waals surface area contributed by atoms with Gasteiger partial charge < -0.3 is 5.73 Å². The maximum atomic E-state index is 12.2. The zero-order valence-electron chi connectivity index (χ0n) is 9.98. The second-order valence-corrected chi connectivity index (χ2v) is 7.00. The fraction of sp³-hybridized carbons (Fsp3) is 0.231. The minimum Gasteiger partial charge on any atom is -0.398 e. The zero-order valence-corrected chi connectivity index (χ0v) is 12.4. The van der Waals surface area contributed by atoms with Gasteiger partial charge in [-0.2, -0.15) is 0 Å². The Morgan fingerprint density at radius 2 is 2.00 bits per heavy atom. The van der Waals surface area contributed by atoms with E-state index in [0.29, 0.717) is 21.4 Å². The standard InChI is InChI=1S/C13H14ClNOS2/c1-2-10-4-5-11(17-10)8-18(16)13-6-3-9(14)7-12(13)15/h3-7H,2,8,15H2,1H3. The third-order valence-electron chi connectivity index (χ3n) is 2.56. The summed E-state index contributed by atoms with van der Waals surface area (Å²) in [5.41, 5.74) is 6.33. The molecule has 1 atom stereocenters. The van der Waals surface area contributed by atoms with E-state index in [1.54, 1.807) is 29.5 Å². The van der Waals surface area contributed by atoms with Gasteiger partial charge >= 0.3 is 0 Å². The molecule has 0 bridgehead atoms. The van der Waals surface area contributed by atoms with Crippen LogP contribution in [0.1, 0.15) is 16.7 Å². The molecule has 1 aromatic heterocycles. The van der Waals surface area contributed by atoms with Gasteiger partial charge in [0.15, 0.2) is 0 Å². The largest absolute Gasteiger partial charge is 0.398 e. The zero-order chi connectivity index (χ0) is 13.1. The van der Waals surface area contributed by atoms with Crippen LogP contribution in [0.25, 0.3) is 0 Å². The van der Waals surface area contributed by atoms with Crippen LogP contribution >= 0.6 is 22.9 Å². The average molecular weight is 300 g/mol. The monoisotopic (exact) mass is 299 g/mol. The summed E-state index contributed by atoms with van der Waals surface area (Å²) in [7, 11) is -1.12. The Balaban J connectivity index is 2.16. The topological polar surface area (TPSA) is 43.1 Å². The predicted molar refractivity (Wildman–Crippen MR) is 79.7 cm³/mol. The molecular formula is C13H14ClNOS2. The first kappa shape index (κ1) is 13.6. The van der Waals surface area contributed by atoms with E-state index < -0.39 is 10.8 Å². The summed E-state index contributed by atoms with van der Waals surface area (Å²) in [4.78, 5) is 3.09. The number of aryl methyl sites for hydroxylation is 1. The Bertz CT molecular complexity index is 580. The van der Waals surface area contributed by atoms with Crippen molar-refractivity contribution < 1.29 is 4.21 Å².